The fraction of sp³-hybridized carbons (Fsp3) is 1.00. The Balaban J connectivity index is 2.13. The van der Waals surface area contributed by atoms with Gasteiger partial charge in [0.1, 0.15) is 0 Å². The van der Waals surface area contributed by atoms with Crippen molar-refractivity contribution in [3.63, 3.8) is 0 Å². The second kappa shape index (κ2) is 2.44. The molecule has 1 nitrogen and oxygen atoms in total. The van der Waals surface area contributed by atoms with E-state index in [2.05, 4.69) is 0 Å². The lowest BCUT2D eigenvalue weighted by atomic mass is 9.93. The summed E-state index contributed by atoms with van der Waals surface area (Å²) in [6.07, 6.45) is 3.33. The van der Waals surface area contributed by atoms with Crippen LogP contribution in [-0.4, -0.2) is 17.7 Å². The van der Waals surface area contributed by atoms with Crippen LogP contribution in [0.1, 0.15) is 26.2 Å². The Morgan fingerprint density at radius 2 is 2.25 bits per heavy atom. The van der Waals surface area contributed by atoms with Crippen LogP contribution < -0.4 is 0 Å². The smallest absolute Gasteiger partial charge is 0.0402 e. The van der Waals surface area contributed by atoms with E-state index in [-0.39, 0.29) is 6.04 Å². The molecule has 1 aliphatic rings. The van der Waals surface area contributed by atoms with E-state index >= 15 is 0 Å². The van der Waals surface area contributed by atoms with E-state index in [4.69, 9.17) is 0 Å². The maximum absolute atomic E-state index is 12.4. The van der Waals surface area contributed by atoms with E-state index in [1.165, 1.54) is 6.42 Å². The van der Waals surface area contributed by atoms with Crippen molar-refractivity contribution in [2.24, 2.45) is 0 Å². The lowest BCUT2D eigenvalue weighted by Crippen LogP contribution is -2.33. The predicted octanol–water partition coefficient (Wildman–Crippen LogP) is 1.75. The molecule has 1 aliphatic carbocycles. The van der Waals surface area contributed by atoms with Gasteiger partial charge in [-0.25, -0.2) is 0 Å². The van der Waals surface area contributed by atoms with Crippen LogP contribution in [0.15, 0.2) is 0 Å². The van der Waals surface area contributed by atoms with Gasteiger partial charge in [0, 0.05) is 12.6 Å². The summed E-state index contributed by atoms with van der Waals surface area (Å²) in [4.78, 5) is 0. The van der Waals surface area contributed by atoms with E-state index in [0.717, 1.165) is 18.0 Å². The molecule has 1 fully saturated rings. The molecule has 0 atom stereocenters. The van der Waals surface area contributed by atoms with Crippen molar-refractivity contribution < 1.29 is 4.48 Å². The third kappa shape index (κ3) is 0.996. The Bertz CT molecular complexity index is 68.2. The van der Waals surface area contributed by atoms with Gasteiger partial charge in [0.15, 0.2) is 0 Å². The van der Waals surface area contributed by atoms with Crippen LogP contribution in [0.25, 0.3) is 0 Å². The zero-order valence-corrected chi connectivity index (χ0v) is 5.23. The van der Waals surface area contributed by atoms with Gasteiger partial charge in [-0.15, -0.1) is 9.60 Å². The van der Waals surface area contributed by atoms with Gasteiger partial charge in [-0.2, -0.15) is 0 Å². The molecule has 0 N–H and O–H groups in total. The summed E-state index contributed by atoms with van der Waals surface area (Å²) in [5.74, 6) is 0. The van der Waals surface area contributed by atoms with Gasteiger partial charge in [-0.1, -0.05) is 6.42 Å². The highest BCUT2D eigenvalue weighted by molar-refractivity contribution is 4.74. The average molecular weight is 117 g/mol. The molecule has 0 aromatic rings. The summed E-state index contributed by atoms with van der Waals surface area (Å²) in [5, 5.41) is 0.934. The molecule has 0 bridgehead atoms. The predicted molar refractivity (Wildman–Crippen MR) is 31.1 cm³/mol. The fourth-order valence-electron chi connectivity index (χ4n) is 0.925. The first-order chi connectivity index (χ1) is 3.84. The van der Waals surface area contributed by atoms with Gasteiger partial charge >= 0.3 is 0 Å². The second-order valence-corrected chi connectivity index (χ2v) is 2.30. The molecule has 8 heavy (non-hydrogen) atoms. The molecular weight excluding hydrogens is 105 g/mol. The van der Waals surface area contributed by atoms with Gasteiger partial charge in [0.2, 0.25) is 0 Å². The van der Waals surface area contributed by atoms with E-state index in [1.54, 1.807) is 0 Å². The van der Waals surface area contributed by atoms with Crippen LogP contribution in [0.5, 0.6) is 0 Å². The van der Waals surface area contributed by atoms with Crippen LogP contribution in [0.4, 0.5) is 4.48 Å². The molecule has 0 aliphatic heterocycles. The number of hydrogen-bond acceptors (Lipinski definition) is 1. The van der Waals surface area contributed by atoms with E-state index in [1.807, 2.05) is 6.92 Å². The Morgan fingerprint density at radius 3 is 2.38 bits per heavy atom. The van der Waals surface area contributed by atoms with Crippen molar-refractivity contribution in [2.45, 2.75) is 32.2 Å². The van der Waals surface area contributed by atoms with Crippen molar-refractivity contribution in [3.05, 3.63) is 0 Å². The van der Waals surface area contributed by atoms with Gasteiger partial charge < -0.3 is 0 Å². The van der Waals surface area contributed by atoms with Crippen LogP contribution in [0, 0.1) is 0 Å². The second-order valence-electron chi connectivity index (χ2n) is 2.30. The van der Waals surface area contributed by atoms with E-state index in [0.29, 0.717) is 6.54 Å². The van der Waals surface area contributed by atoms with Crippen LogP contribution in [-0.2, 0) is 0 Å². The highest BCUT2D eigenvalue weighted by Gasteiger charge is 2.23. The van der Waals surface area contributed by atoms with Crippen LogP contribution >= 0.6 is 0 Å². The van der Waals surface area contributed by atoms with Gasteiger partial charge in [-0.05, 0) is 19.8 Å². The normalized spacial score (nSPS) is 21.4. The van der Waals surface area contributed by atoms with Crippen molar-refractivity contribution in [2.75, 3.05) is 6.54 Å². The fourth-order valence-corrected chi connectivity index (χ4v) is 0.925. The van der Waals surface area contributed by atoms with Gasteiger partial charge in [-0.3, -0.25) is 0 Å². The topological polar surface area (TPSA) is 3.24 Å². The van der Waals surface area contributed by atoms with Crippen molar-refractivity contribution in [3.8, 4) is 0 Å². The van der Waals surface area contributed by atoms with E-state index < -0.39 is 0 Å². The molecule has 0 saturated heterocycles. The third-order valence-electron chi connectivity index (χ3n) is 1.77. The summed E-state index contributed by atoms with van der Waals surface area (Å²) in [5.41, 5.74) is 0. The molecular formula is C6H12FN. The monoisotopic (exact) mass is 117 g/mol. The molecule has 0 radical (unpaired) electrons. The summed E-state index contributed by atoms with van der Waals surface area (Å²) in [6.45, 7) is 2.39. The molecule has 2 heteroatoms. The van der Waals surface area contributed by atoms with Gasteiger partial charge in [0.25, 0.3) is 0 Å². The van der Waals surface area contributed by atoms with Gasteiger partial charge in [0.05, 0.1) is 0 Å². The minimum atomic E-state index is 0.264. The quantitative estimate of drug-likeness (QED) is 0.498. The average Bonchev–Trinajstić information content (AvgIpc) is 1.62. The van der Waals surface area contributed by atoms with E-state index in [9.17, 15) is 4.48 Å². The molecule has 0 spiro atoms. The maximum Gasteiger partial charge on any atom is 0.0402 e. The Labute approximate surface area is 49.4 Å². The first-order valence-electron chi connectivity index (χ1n) is 3.27. The highest BCUT2D eigenvalue weighted by Crippen LogP contribution is 2.24. The molecule has 0 unspecified atom stereocenters. The summed E-state index contributed by atoms with van der Waals surface area (Å²) in [6, 6.07) is 0.264. The molecule has 0 amide bonds. The highest BCUT2D eigenvalue weighted by atomic mass is 19.2. The first kappa shape index (κ1) is 6.02. The SMILES string of the molecule is CCN(F)C1CCC1. The zero-order valence-electron chi connectivity index (χ0n) is 5.23. The molecule has 0 aromatic carbocycles. The molecule has 48 valence electrons. The largest absolute Gasteiger partial charge is 0.144 e. The number of rotatable bonds is 2. The van der Waals surface area contributed by atoms with Crippen molar-refractivity contribution in [1.82, 2.24) is 5.12 Å². The van der Waals surface area contributed by atoms with Crippen molar-refractivity contribution in [1.29, 1.82) is 0 Å². The molecule has 0 aromatic heterocycles. The summed E-state index contributed by atoms with van der Waals surface area (Å²) in [7, 11) is 0. The van der Waals surface area contributed by atoms with Crippen LogP contribution in [0.2, 0.25) is 0 Å². The number of hydrogen-bond donors (Lipinski definition) is 0. The number of nitrogens with zero attached hydrogens (tertiary/aromatic N) is 1. The maximum atomic E-state index is 12.4. The van der Waals surface area contributed by atoms with Crippen molar-refractivity contribution >= 4 is 0 Å². The lowest BCUT2D eigenvalue weighted by Gasteiger charge is -2.29. The Kier molecular flexibility index (Phi) is 1.84. The zero-order chi connectivity index (χ0) is 5.98. The summed E-state index contributed by atoms with van der Waals surface area (Å²) < 4.78 is 12.4. The Morgan fingerprint density at radius 1 is 1.62 bits per heavy atom. The summed E-state index contributed by atoms with van der Waals surface area (Å²) >= 11 is 0. The Hall–Kier alpha value is -0.110. The molecule has 0 heterocycles. The standard InChI is InChI=1S/C6H12FN/c1-2-8(7)6-4-3-5-6/h6H,2-5H2,1H3. The van der Waals surface area contributed by atoms with Crippen LogP contribution in [0.3, 0.4) is 0 Å². The minimum Gasteiger partial charge on any atom is -0.144 e. The first-order valence-corrected chi connectivity index (χ1v) is 3.27. The third-order valence-corrected chi connectivity index (χ3v) is 1.77. The lowest BCUT2D eigenvalue weighted by molar-refractivity contribution is -0.0471. The molecule has 1 saturated carbocycles. The number of halogens is 1. The minimum absolute atomic E-state index is 0.264. The molecule has 1 rings (SSSR count).